The summed E-state index contributed by atoms with van der Waals surface area (Å²) in [5, 5.41) is 2.95. The molecule has 0 atom stereocenters. The van der Waals surface area contributed by atoms with Crippen molar-refractivity contribution in [3.63, 3.8) is 0 Å². The third-order valence-electron chi connectivity index (χ3n) is 4.28. The van der Waals surface area contributed by atoms with Gasteiger partial charge in [0.25, 0.3) is 5.91 Å². The Balaban J connectivity index is 0.00000156. The van der Waals surface area contributed by atoms with E-state index < -0.39 is 0 Å². The molecular weight excluding hydrogens is 357 g/mol. The third kappa shape index (κ3) is 5.55. The quantitative estimate of drug-likeness (QED) is 0.754. The summed E-state index contributed by atoms with van der Waals surface area (Å²) in [5.74, 6) is -0.170. The van der Waals surface area contributed by atoms with Gasteiger partial charge in [0, 0.05) is 30.2 Å². The normalized spacial score (nSPS) is 13.8. The largest absolute Gasteiger partial charge is 0.398 e. The maximum absolute atomic E-state index is 12.4. The first-order valence-corrected chi connectivity index (χ1v) is 8.25. The van der Waals surface area contributed by atoms with E-state index in [1.807, 2.05) is 30.3 Å². The predicted octanol–water partition coefficient (Wildman–Crippen LogP) is 4.75. The number of anilines is 3. The van der Waals surface area contributed by atoms with Crippen LogP contribution in [-0.4, -0.2) is 19.0 Å². The molecule has 0 aliphatic carbocycles. The second-order valence-electron chi connectivity index (χ2n) is 5.99. The van der Waals surface area contributed by atoms with Crippen molar-refractivity contribution < 1.29 is 4.79 Å². The molecule has 1 aliphatic heterocycles. The fraction of sp³-hybridized carbons (Fsp3) is 0.316. The van der Waals surface area contributed by atoms with E-state index in [0.717, 1.165) is 18.8 Å². The number of nitrogen functional groups attached to an aromatic ring is 1. The van der Waals surface area contributed by atoms with E-state index in [1.54, 1.807) is 12.1 Å². The molecule has 0 spiro atoms. The summed E-state index contributed by atoms with van der Waals surface area (Å²) in [6, 6.07) is 15.2. The van der Waals surface area contributed by atoms with Crippen LogP contribution in [0.3, 0.4) is 0 Å². The van der Waals surface area contributed by atoms with Crippen LogP contribution in [0.1, 0.15) is 36.0 Å². The number of nitrogens with one attached hydrogen (secondary N) is 1. The molecular formula is C19H25Cl2N3O. The summed E-state index contributed by atoms with van der Waals surface area (Å²) < 4.78 is 0. The minimum atomic E-state index is -0.170. The number of hydrogen-bond acceptors (Lipinski definition) is 3. The highest BCUT2D eigenvalue weighted by molar-refractivity contribution is 6.07. The molecule has 3 N–H and O–H groups in total. The maximum atomic E-state index is 12.4. The summed E-state index contributed by atoms with van der Waals surface area (Å²) in [5.41, 5.74) is 8.85. The topological polar surface area (TPSA) is 58.4 Å². The fourth-order valence-corrected chi connectivity index (χ4v) is 3.01. The van der Waals surface area contributed by atoms with E-state index in [-0.39, 0.29) is 30.7 Å². The summed E-state index contributed by atoms with van der Waals surface area (Å²) in [4.78, 5) is 14.8. The maximum Gasteiger partial charge on any atom is 0.257 e. The number of hydrogen-bond donors (Lipinski definition) is 2. The number of halogens is 2. The summed E-state index contributed by atoms with van der Waals surface area (Å²) in [6.45, 7) is 2.17. The van der Waals surface area contributed by atoms with Gasteiger partial charge in [0.15, 0.2) is 0 Å². The van der Waals surface area contributed by atoms with Gasteiger partial charge < -0.3 is 16.0 Å². The summed E-state index contributed by atoms with van der Waals surface area (Å²) >= 11 is 0. The number of carbonyl (C=O) groups excluding carboxylic acids is 1. The number of benzene rings is 2. The third-order valence-corrected chi connectivity index (χ3v) is 4.28. The van der Waals surface area contributed by atoms with Crippen molar-refractivity contribution in [2.24, 2.45) is 0 Å². The Kier molecular flexibility index (Phi) is 8.59. The highest BCUT2D eigenvalue weighted by atomic mass is 35.5. The Hall–Kier alpha value is -1.91. The molecule has 1 aliphatic rings. The van der Waals surface area contributed by atoms with Crippen LogP contribution in [0.5, 0.6) is 0 Å². The molecule has 2 aromatic rings. The molecule has 0 unspecified atom stereocenters. The molecule has 25 heavy (non-hydrogen) atoms. The molecule has 2 aromatic carbocycles. The van der Waals surface area contributed by atoms with Gasteiger partial charge in [-0.2, -0.15) is 0 Å². The van der Waals surface area contributed by atoms with Gasteiger partial charge in [0.2, 0.25) is 0 Å². The average Bonchev–Trinajstić information content (AvgIpc) is 2.85. The Bertz CT molecular complexity index is 686. The monoisotopic (exact) mass is 381 g/mol. The molecule has 1 heterocycles. The van der Waals surface area contributed by atoms with Crippen LogP contribution in [0, 0.1) is 0 Å². The highest BCUT2D eigenvalue weighted by Crippen LogP contribution is 2.23. The van der Waals surface area contributed by atoms with E-state index >= 15 is 0 Å². The number of nitrogens with zero attached hydrogens (tertiary/aromatic N) is 1. The Morgan fingerprint density at radius 1 is 0.920 bits per heavy atom. The van der Waals surface area contributed by atoms with Crippen molar-refractivity contribution in [1.29, 1.82) is 0 Å². The lowest BCUT2D eigenvalue weighted by Crippen LogP contribution is -2.24. The molecule has 1 fully saturated rings. The minimum absolute atomic E-state index is 0. The summed E-state index contributed by atoms with van der Waals surface area (Å²) in [6.07, 6.45) is 5.08. The van der Waals surface area contributed by atoms with Crippen LogP contribution in [0.25, 0.3) is 0 Å². The standard InChI is InChI=1S/C19H23N3O.2ClH/c20-18-11-4-3-10-17(18)19(23)21-15-8-7-9-16(14-15)22-12-5-1-2-6-13-22;;/h3-4,7-11,14H,1-2,5-6,12-13,20H2,(H,21,23);2*1H. The predicted molar refractivity (Wildman–Crippen MR) is 110 cm³/mol. The van der Waals surface area contributed by atoms with E-state index in [1.165, 1.54) is 31.4 Å². The van der Waals surface area contributed by atoms with Crippen molar-refractivity contribution in [3.8, 4) is 0 Å². The second-order valence-corrected chi connectivity index (χ2v) is 5.99. The van der Waals surface area contributed by atoms with Gasteiger partial charge in [-0.3, -0.25) is 4.79 Å². The number of para-hydroxylation sites is 1. The average molecular weight is 382 g/mol. The zero-order chi connectivity index (χ0) is 16.1. The molecule has 1 amide bonds. The lowest BCUT2D eigenvalue weighted by molar-refractivity contribution is 0.102. The van der Waals surface area contributed by atoms with Crippen molar-refractivity contribution in [2.75, 3.05) is 29.0 Å². The van der Waals surface area contributed by atoms with Crippen LogP contribution in [0.2, 0.25) is 0 Å². The second kappa shape index (κ2) is 10.2. The first-order valence-electron chi connectivity index (χ1n) is 8.25. The van der Waals surface area contributed by atoms with Crippen LogP contribution in [0.15, 0.2) is 48.5 Å². The number of carbonyl (C=O) groups is 1. The smallest absolute Gasteiger partial charge is 0.257 e. The molecule has 0 aromatic heterocycles. The highest BCUT2D eigenvalue weighted by Gasteiger charge is 2.12. The molecule has 1 saturated heterocycles. The lowest BCUT2D eigenvalue weighted by Gasteiger charge is -2.23. The summed E-state index contributed by atoms with van der Waals surface area (Å²) in [7, 11) is 0. The molecule has 0 bridgehead atoms. The SMILES string of the molecule is Cl.Cl.Nc1ccccc1C(=O)Nc1cccc(N2CCCCCC2)c1. The van der Waals surface area contributed by atoms with Crippen molar-refractivity contribution >= 4 is 47.8 Å². The van der Waals surface area contributed by atoms with Crippen LogP contribution >= 0.6 is 24.8 Å². The van der Waals surface area contributed by atoms with Crippen molar-refractivity contribution in [2.45, 2.75) is 25.7 Å². The first kappa shape index (κ1) is 21.1. The van der Waals surface area contributed by atoms with Crippen LogP contribution < -0.4 is 16.0 Å². The van der Waals surface area contributed by atoms with Crippen LogP contribution in [0.4, 0.5) is 17.1 Å². The van der Waals surface area contributed by atoms with Gasteiger partial charge in [-0.25, -0.2) is 0 Å². The van der Waals surface area contributed by atoms with Crippen LogP contribution in [-0.2, 0) is 0 Å². The lowest BCUT2D eigenvalue weighted by atomic mass is 10.1. The van der Waals surface area contributed by atoms with Gasteiger partial charge >= 0.3 is 0 Å². The first-order chi connectivity index (χ1) is 11.2. The minimum Gasteiger partial charge on any atom is -0.398 e. The molecule has 3 rings (SSSR count). The van der Waals surface area contributed by atoms with E-state index in [4.69, 9.17) is 5.73 Å². The van der Waals surface area contributed by atoms with Gasteiger partial charge in [0.1, 0.15) is 0 Å². The Morgan fingerprint density at radius 3 is 2.28 bits per heavy atom. The molecule has 0 saturated carbocycles. The van der Waals surface area contributed by atoms with E-state index in [0.29, 0.717) is 11.3 Å². The van der Waals surface area contributed by atoms with Gasteiger partial charge in [-0.1, -0.05) is 31.0 Å². The van der Waals surface area contributed by atoms with Crippen molar-refractivity contribution in [3.05, 3.63) is 54.1 Å². The van der Waals surface area contributed by atoms with Gasteiger partial charge in [-0.05, 0) is 43.2 Å². The Labute approximate surface area is 161 Å². The van der Waals surface area contributed by atoms with E-state index in [9.17, 15) is 4.79 Å². The fourth-order valence-electron chi connectivity index (χ4n) is 3.01. The molecule has 136 valence electrons. The zero-order valence-corrected chi connectivity index (χ0v) is 15.7. The van der Waals surface area contributed by atoms with Gasteiger partial charge in [-0.15, -0.1) is 24.8 Å². The molecule has 0 radical (unpaired) electrons. The molecule has 6 heteroatoms. The van der Waals surface area contributed by atoms with Gasteiger partial charge in [0.05, 0.1) is 5.56 Å². The Morgan fingerprint density at radius 2 is 1.60 bits per heavy atom. The van der Waals surface area contributed by atoms with Crippen molar-refractivity contribution in [1.82, 2.24) is 0 Å². The number of amides is 1. The number of rotatable bonds is 3. The zero-order valence-electron chi connectivity index (χ0n) is 14.1. The number of nitrogens with two attached hydrogens (primary N) is 1. The molecule has 4 nitrogen and oxygen atoms in total. The van der Waals surface area contributed by atoms with E-state index in [2.05, 4.69) is 16.3 Å².